The number of nitriles is 1. The van der Waals surface area contributed by atoms with Gasteiger partial charge in [-0.1, -0.05) is 19.1 Å². The Hall–Kier alpha value is -4.33. The predicted molar refractivity (Wildman–Crippen MR) is 167 cm³/mol. The van der Waals surface area contributed by atoms with Gasteiger partial charge >= 0.3 is 5.97 Å². The third-order valence-corrected chi connectivity index (χ3v) is 11.3. The predicted octanol–water partition coefficient (Wildman–Crippen LogP) is 5.32. The molecule has 0 N–H and O–H groups in total. The van der Waals surface area contributed by atoms with E-state index < -0.39 is 6.04 Å². The largest absolute Gasteiger partial charge is 0.486 e. The minimum Gasteiger partial charge on any atom is -0.486 e. The first-order valence-corrected chi connectivity index (χ1v) is 16.6. The highest BCUT2D eigenvalue weighted by Crippen LogP contribution is 2.65. The molecule has 0 bridgehead atoms. The summed E-state index contributed by atoms with van der Waals surface area (Å²) in [7, 11) is 0. The third kappa shape index (κ3) is 4.29. The van der Waals surface area contributed by atoms with Gasteiger partial charge in [0.2, 0.25) is 0 Å². The number of hydrogen-bond donors (Lipinski definition) is 0. The molecule has 2 saturated heterocycles. The van der Waals surface area contributed by atoms with Gasteiger partial charge in [0, 0.05) is 17.6 Å². The van der Waals surface area contributed by atoms with Gasteiger partial charge in [-0.2, -0.15) is 5.26 Å². The van der Waals surface area contributed by atoms with Crippen LogP contribution in [-0.4, -0.2) is 66.9 Å². The van der Waals surface area contributed by atoms with Gasteiger partial charge in [0.15, 0.2) is 23.0 Å². The van der Waals surface area contributed by atoms with Gasteiger partial charge in [0.25, 0.3) is 0 Å². The zero-order valence-corrected chi connectivity index (χ0v) is 26.4. The average Bonchev–Trinajstić information content (AvgIpc) is 3.28. The van der Waals surface area contributed by atoms with Crippen LogP contribution in [0.25, 0.3) is 0 Å². The van der Waals surface area contributed by atoms with E-state index in [1.807, 2.05) is 13.0 Å². The van der Waals surface area contributed by atoms with Gasteiger partial charge in [-0.3, -0.25) is 14.6 Å². The van der Waals surface area contributed by atoms with E-state index in [1.54, 1.807) is 12.1 Å². The van der Waals surface area contributed by atoms with Crippen LogP contribution in [0.5, 0.6) is 23.0 Å². The van der Waals surface area contributed by atoms with Crippen LogP contribution >= 0.6 is 0 Å². The highest BCUT2D eigenvalue weighted by atomic mass is 19.1. The number of nitrogens with zero attached hydrogens (tertiary/aromatic N) is 3. The topological polar surface area (TPSA) is 93.5 Å². The Balaban J connectivity index is 1.09. The van der Waals surface area contributed by atoms with Crippen LogP contribution < -0.4 is 18.9 Å². The molecule has 3 aromatic rings. The number of carbonyl (C=O) groups is 1. The average molecular weight is 638 g/mol. The molecular weight excluding hydrogens is 601 g/mol. The van der Waals surface area contributed by atoms with Crippen molar-refractivity contribution in [3.8, 4) is 29.1 Å². The quantitative estimate of drug-likeness (QED) is 0.345. The fraction of sp³-hybridized carbons (Fsp3) is 0.459. The van der Waals surface area contributed by atoms with Crippen molar-refractivity contribution in [2.45, 2.75) is 74.8 Å². The minimum atomic E-state index is -0.399. The van der Waals surface area contributed by atoms with E-state index in [1.165, 1.54) is 23.3 Å². The van der Waals surface area contributed by atoms with E-state index in [-0.39, 0.29) is 60.4 Å². The molecule has 47 heavy (non-hydrogen) atoms. The summed E-state index contributed by atoms with van der Waals surface area (Å²) in [6, 6.07) is 16.6. The first kappa shape index (κ1) is 28.9. The molecule has 9 nitrogen and oxygen atoms in total. The van der Waals surface area contributed by atoms with Crippen molar-refractivity contribution in [1.29, 1.82) is 5.26 Å². The van der Waals surface area contributed by atoms with E-state index in [2.05, 4.69) is 41.0 Å². The van der Waals surface area contributed by atoms with Gasteiger partial charge in [-0.15, -0.1) is 0 Å². The molecule has 0 radical (unpaired) electrons. The summed E-state index contributed by atoms with van der Waals surface area (Å²) in [5.41, 5.74) is 5.25. The molecule has 6 heterocycles. The lowest BCUT2D eigenvalue weighted by molar-refractivity contribution is -0.185. The molecule has 0 spiro atoms. The van der Waals surface area contributed by atoms with Crippen LogP contribution in [0.2, 0.25) is 0 Å². The molecular formula is C37H36FN3O6. The second-order valence-corrected chi connectivity index (χ2v) is 13.8. The van der Waals surface area contributed by atoms with Crippen LogP contribution in [-0.2, 0) is 21.5 Å². The van der Waals surface area contributed by atoms with Gasteiger partial charge in [-0.05, 0) is 89.9 Å². The Morgan fingerprint density at radius 2 is 1.62 bits per heavy atom. The number of halogens is 1. The molecule has 0 saturated carbocycles. The van der Waals surface area contributed by atoms with Crippen molar-refractivity contribution >= 4 is 5.97 Å². The maximum absolute atomic E-state index is 13.5. The normalized spacial score (nSPS) is 30.0. The first-order valence-electron chi connectivity index (χ1n) is 16.6. The molecule has 7 atom stereocenters. The molecule has 0 aromatic heterocycles. The molecule has 3 aromatic carbocycles. The Kier molecular flexibility index (Phi) is 6.50. The van der Waals surface area contributed by atoms with E-state index in [0.29, 0.717) is 38.6 Å². The Morgan fingerprint density at radius 3 is 2.30 bits per heavy atom. The van der Waals surface area contributed by atoms with Gasteiger partial charge in [0.05, 0.1) is 24.6 Å². The molecule has 10 heteroatoms. The number of carbonyl (C=O) groups excluding carboxylic acids is 1. The number of rotatable bonds is 5. The highest BCUT2D eigenvalue weighted by molar-refractivity contribution is 5.70. The number of hydrogen-bond acceptors (Lipinski definition) is 9. The molecule has 7 unspecified atom stereocenters. The second-order valence-electron chi connectivity index (χ2n) is 13.8. The Labute approximate surface area is 272 Å². The molecule has 0 aliphatic carbocycles. The fourth-order valence-corrected chi connectivity index (χ4v) is 9.20. The van der Waals surface area contributed by atoms with Crippen molar-refractivity contribution in [2.75, 3.05) is 33.0 Å². The van der Waals surface area contributed by atoms with Crippen molar-refractivity contribution in [3.05, 3.63) is 82.2 Å². The van der Waals surface area contributed by atoms with Crippen molar-refractivity contribution in [1.82, 2.24) is 9.80 Å². The maximum Gasteiger partial charge on any atom is 0.306 e. The van der Waals surface area contributed by atoms with Crippen molar-refractivity contribution in [3.63, 3.8) is 0 Å². The summed E-state index contributed by atoms with van der Waals surface area (Å²) in [6.07, 6.45) is 1.71. The van der Waals surface area contributed by atoms with Gasteiger partial charge < -0.3 is 23.7 Å². The number of fused-ring (bicyclic) bond motifs is 8. The van der Waals surface area contributed by atoms with Crippen LogP contribution in [0.15, 0.2) is 48.5 Å². The number of piperazine rings is 1. The number of esters is 1. The summed E-state index contributed by atoms with van der Waals surface area (Å²) in [5.74, 6) is 2.17. The van der Waals surface area contributed by atoms with Crippen LogP contribution in [0.3, 0.4) is 0 Å². The van der Waals surface area contributed by atoms with E-state index in [9.17, 15) is 14.4 Å². The number of benzene rings is 3. The SMILES string of the molecule is CC(CC(=O)OCC1c2cc3c(cc2CC2C4c5cc6c(cc5C5(C)CC(C(C#N)N12)N45)OCCO6)OCCO3)c1ccc(F)cc1. The lowest BCUT2D eigenvalue weighted by Crippen LogP contribution is -2.74. The minimum absolute atomic E-state index is 0.0206. The van der Waals surface area contributed by atoms with Crippen molar-refractivity contribution in [2.24, 2.45) is 0 Å². The molecule has 6 aliphatic rings. The summed E-state index contributed by atoms with van der Waals surface area (Å²) in [6.45, 7) is 6.31. The highest BCUT2D eigenvalue weighted by Gasteiger charge is 2.68. The van der Waals surface area contributed by atoms with E-state index >= 15 is 0 Å². The summed E-state index contributed by atoms with van der Waals surface area (Å²) in [4.78, 5) is 18.2. The fourth-order valence-electron chi connectivity index (χ4n) is 9.20. The van der Waals surface area contributed by atoms with Crippen molar-refractivity contribution < 1.29 is 32.9 Å². The van der Waals surface area contributed by atoms with E-state index in [0.717, 1.165) is 40.4 Å². The summed E-state index contributed by atoms with van der Waals surface area (Å²) in [5, 5.41) is 10.8. The molecule has 0 amide bonds. The first-order chi connectivity index (χ1) is 22.8. The molecule has 9 rings (SSSR count). The molecule has 6 aliphatic heterocycles. The lowest BCUT2D eigenvalue weighted by Gasteiger charge is -2.65. The van der Waals surface area contributed by atoms with Gasteiger partial charge in [-0.25, -0.2) is 4.39 Å². The van der Waals surface area contributed by atoms with Gasteiger partial charge in [0.1, 0.15) is 44.9 Å². The zero-order valence-electron chi connectivity index (χ0n) is 26.4. The summed E-state index contributed by atoms with van der Waals surface area (Å²) >= 11 is 0. The Morgan fingerprint density at radius 1 is 0.979 bits per heavy atom. The molecule has 242 valence electrons. The monoisotopic (exact) mass is 637 g/mol. The van der Waals surface area contributed by atoms with Crippen LogP contribution in [0, 0.1) is 17.1 Å². The smallest absolute Gasteiger partial charge is 0.306 e. The Bertz CT molecular complexity index is 1830. The van der Waals surface area contributed by atoms with Crippen LogP contribution in [0.4, 0.5) is 4.39 Å². The second kappa shape index (κ2) is 10.6. The third-order valence-electron chi connectivity index (χ3n) is 11.3. The standard InChI is InChI=1S/C37H36FN3O6/c1-20(21-3-5-23(38)6-4-21)11-35(42)47-19-30-24-14-32-31(43-7-8-44-32)13-22(24)12-27-36-25-15-33-34(46-10-9-45-33)16-26(25)37(2)17-28(41(36)37)29(18-39)40(27)30/h3-6,13-16,20,27-30,36H,7-12,17,19H2,1-2H3. The van der Waals surface area contributed by atoms with Crippen LogP contribution in [0.1, 0.15) is 72.5 Å². The van der Waals surface area contributed by atoms with E-state index in [4.69, 9.17) is 23.7 Å². The lowest BCUT2D eigenvalue weighted by atomic mass is 9.71. The maximum atomic E-state index is 13.5. The molecule has 2 fully saturated rings. The summed E-state index contributed by atoms with van der Waals surface area (Å²) < 4.78 is 43.6. The number of ether oxygens (including phenoxy) is 5. The zero-order chi connectivity index (χ0) is 32.0.